The molecule has 0 aromatic heterocycles. The molecule has 0 aliphatic carbocycles. The molecular formula is C12H20N2O3S. The lowest BCUT2D eigenvalue weighted by Crippen LogP contribution is -2.35. The number of benzene rings is 1. The maximum Gasteiger partial charge on any atom is 0.215 e. The normalized spacial score (nSPS) is 13.8. The molecular weight excluding hydrogens is 252 g/mol. The number of sulfonamides is 1. The van der Waals surface area contributed by atoms with Crippen molar-refractivity contribution in [2.45, 2.75) is 25.7 Å². The minimum Gasteiger partial charge on any atom is -0.398 e. The van der Waals surface area contributed by atoms with E-state index >= 15 is 0 Å². The van der Waals surface area contributed by atoms with Gasteiger partial charge in [-0.25, -0.2) is 13.1 Å². The van der Waals surface area contributed by atoms with Gasteiger partial charge in [-0.1, -0.05) is 32.0 Å². The molecule has 1 aromatic carbocycles. The molecule has 0 amide bonds. The first-order valence-corrected chi connectivity index (χ1v) is 7.46. The van der Waals surface area contributed by atoms with Crippen molar-refractivity contribution in [2.24, 2.45) is 5.92 Å². The molecule has 1 unspecified atom stereocenters. The van der Waals surface area contributed by atoms with E-state index in [0.717, 1.165) is 0 Å². The van der Waals surface area contributed by atoms with Crippen molar-refractivity contribution in [3.63, 3.8) is 0 Å². The van der Waals surface area contributed by atoms with Gasteiger partial charge < -0.3 is 10.8 Å². The summed E-state index contributed by atoms with van der Waals surface area (Å²) in [6.07, 6.45) is -0.687. The SMILES string of the molecule is CC(C)C(O)CNS(=O)(=O)Cc1ccccc1N. The molecule has 0 heterocycles. The molecule has 1 rings (SSSR count). The van der Waals surface area contributed by atoms with Crippen molar-refractivity contribution in [1.29, 1.82) is 0 Å². The second kappa shape index (κ2) is 6.17. The van der Waals surface area contributed by atoms with Gasteiger partial charge in [0.1, 0.15) is 0 Å². The summed E-state index contributed by atoms with van der Waals surface area (Å²) < 4.78 is 26.0. The maximum absolute atomic E-state index is 11.8. The van der Waals surface area contributed by atoms with Crippen molar-refractivity contribution in [3.05, 3.63) is 29.8 Å². The highest BCUT2D eigenvalue weighted by atomic mass is 32.2. The molecule has 4 N–H and O–H groups in total. The number of anilines is 1. The predicted octanol–water partition coefficient (Wildman–Crippen LogP) is 0.705. The molecule has 1 aromatic rings. The Labute approximate surface area is 108 Å². The van der Waals surface area contributed by atoms with Crippen LogP contribution in [-0.4, -0.2) is 26.2 Å². The summed E-state index contributed by atoms with van der Waals surface area (Å²) in [5.41, 5.74) is 6.70. The van der Waals surface area contributed by atoms with Crippen LogP contribution in [0.15, 0.2) is 24.3 Å². The largest absolute Gasteiger partial charge is 0.398 e. The van der Waals surface area contributed by atoms with Gasteiger partial charge in [0.15, 0.2) is 0 Å². The fraction of sp³-hybridized carbons (Fsp3) is 0.500. The summed E-state index contributed by atoms with van der Waals surface area (Å²) in [7, 11) is -3.48. The number of hydrogen-bond acceptors (Lipinski definition) is 4. The molecule has 0 saturated carbocycles. The van der Waals surface area contributed by atoms with Crippen molar-refractivity contribution >= 4 is 15.7 Å². The Morgan fingerprint density at radius 1 is 1.33 bits per heavy atom. The van der Waals surface area contributed by atoms with E-state index < -0.39 is 16.1 Å². The first-order chi connectivity index (χ1) is 8.32. The van der Waals surface area contributed by atoms with Crippen molar-refractivity contribution in [1.82, 2.24) is 4.72 Å². The van der Waals surface area contributed by atoms with Crippen LogP contribution in [0, 0.1) is 5.92 Å². The van der Waals surface area contributed by atoms with E-state index in [2.05, 4.69) is 4.72 Å². The standard InChI is InChI=1S/C12H20N2O3S/c1-9(2)12(15)7-14-18(16,17)8-10-5-3-4-6-11(10)13/h3-6,9,12,14-15H,7-8,13H2,1-2H3. The monoisotopic (exact) mass is 272 g/mol. The van der Waals surface area contributed by atoms with E-state index in [1.54, 1.807) is 24.3 Å². The zero-order valence-corrected chi connectivity index (χ0v) is 11.4. The molecule has 5 nitrogen and oxygen atoms in total. The number of nitrogens with two attached hydrogens (primary N) is 1. The van der Waals surface area contributed by atoms with E-state index in [9.17, 15) is 13.5 Å². The third-order valence-electron chi connectivity index (χ3n) is 2.68. The Kier molecular flexibility index (Phi) is 5.13. The van der Waals surface area contributed by atoms with E-state index in [4.69, 9.17) is 5.73 Å². The summed E-state index contributed by atoms with van der Waals surface area (Å²) in [4.78, 5) is 0. The summed E-state index contributed by atoms with van der Waals surface area (Å²) in [6, 6.07) is 6.83. The van der Waals surface area contributed by atoms with Crippen LogP contribution in [0.1, 0.15) is 19.4 Å². The molecule has 0 saturated heterocycles. The molecule has 18 heavy (non-hydrogen) atoms. The molecule has 0 radical (unpaired) electrons. The highest BCUT2D eigenvalue weighted by Gasteiger charge is 2.16. The zero-order chi connectivity index (χ0) is 13.8. The van der Waals surface area contributed by atoms with Crippen LogP contribution in [0.5, 0.6) is 0 Å². The number of nitrogen functional groups attached to an aromatic ring is 1. The number of hydrogen-bond donors (Lipinski definition) is 3. The molecule has 0 aliphatic rings. The Bertz CT molecular complexity index is 486. The van der Waals surface area contributed by atoms with Crippen LogP contribution >= 0.6 is 0 Å². The van der Waals surface area contributed by atoms with Gasteiger partial charge in [-0.15, -0.1) is 0 Å². The van der Waals surface area contributed by atoms with Gasteiger partial charge in [0.2, 0.25) is 10.0 Å². The highest BCUT2D eigenvalue weighted by Crippen LogP contribution is 2.13. The Hall–Kier alpha value is -1.11. The first kappa shape index (κ1) is 14.9. The van der Waals surface area contributed by atoms with E-state index in [1.807, 2.05) is 13.8 Å². The number of nitrogens with one attached hydrogen (secondary N) is 1. The molecule has 102 valence electrons. The fourth-order valence-electron chi connectivity index (χ4n) is 1.37. The van der Waals surface area contributed by atoms with E-state index in [0.29, 0.717) is 11.3 Å². The van der Waals surface area contributed by atoms with Gasteiger partial charge >= 0.3 is 0 Å². The first-order valence-electron chi connectivity index (χ1n) is 5.80. The van der Waals surface area contributed by atoms with Crippen LogP contribution in [0.2, 0.25) is 0 Å². The zero-order valence-electron chi connectivity index (χ0n) is 10.6. The van der Waals surface area contributed by atoms with E-state index in [1.165, 1.54) is 0 Å². The summed E-state index contributed by atoms with van der Waals surface area (Å²) in [6.45, 7) is 3.68. The number of aliphatic hydroxyl groups excluding tert-OH is 1. The average molecular weight is 272 g/mol. The third kappa shape index (κ3) is 4.64. The predicted molar refractivity (Wildman–Crippen MR) is 72.3 cm³/mol. The second-order valence-corrected chi connectivity index (χ2v) is 6.42. The van der Waals surface area contributed by atoms with Crippen LogP contribution in [-0.2, 0) is 15.8 Å². The second-order valence-electron chi connectivity index (χ2n) is 4.62. The average Bonchev–Trinajstić information content (AvgIpc) is 2.29. The van der Waals surface area contributed by atoms with Crippen LogP contribution in [0.25, 0.3) is 0 Å². The summed E-state index contributed by atoms with van der Waals surface area (Å²) in [5.74, 6) is -0.167. The quantitative estimate of drug-likeness (QED) is 0.665. The Balaban J connectivity index is 2.63. The lowest BCUT2D eigenvalue weighted by Gasteiger charge is -2.15. The molecule has 0 spiro atoms. The van der Waals surface area contributed by atoms with Crippen LogP contribution in [0.3, 0.4) is 0 Å². The van der Waals surface area contributed by atoms with Gasteiger partial charge in [0.25, 0.3) is 0 Å². The van der Waals surface area contributed by atoms with E-state index in [-0.39, 0.29) is 18.2 Å². The number of para-hydroxylation sites is 1. The van der Waals surface area contributed by atoms with Gasteiger partial charge in [-0.05, 0) is 17.5 Å². The number of rotatable bonds is 6. The van der Waals surface area contributed by atoms with Crippen LogP contribution in [0.4, 0.5) is 5.69 Å². The molecule has 0 bridgehead atoms. The molecule has 1 atom stereocenters. The summed E-state index contributed by atoms with van der Waals surface area (Å²) >= 11 is 0. The van der Waals surface area contributed by atoms with Crippen molar-refractivity contribution in [2.75, 3.05) is 12.3 Å². The van der Waals surface area contributed by atoms with Crippen LogP contribution < -0.4 is 10.5 Å². The smallest absolute Gasteiger partial charge is 0.215 e. The van der Waals surface area contributed by atoms with Gasteiger partial charge in [-0.3, -0.25) is 0 Å². The third-order valence-corrected chi connectivity index (χ3v) is 3.98. The maximum atomic E-state index is 11.8. The van der Waals surface area contributed by atoms with Crippen molar-refractivity contribution in [3.8, 4) is 0 Å². The highest BCUT2D eigenvalue weighted by molar-refractivity contribution is 7.88. The van der Waals surface area contributed by atoms with Gasteiger partial charge in [0, 0.05) is 12.2 Å². The Morgan fingerprint density at radius 2 is 1.94 bits per heavy atom. The van der Waals surface area contributed by atoms with Gasteiger partial charge in [0.05, 0.1) is 11.9 Å². The lowest BCUT2D eigenvalue weighted by atomic mass is 10.1. The molecule has 0 aliphatic heterocycles. The Morgan fingerprint density at radius 3 is 2.50 bits per heavy atom. The topological polar surface area (TPSA) is 92.4 Å². The number of aliphatic hydroxyl groups is 1. The molecule has 6 heteroatoms. The molecule has 0 fully saturated rings. The van der Waals surface area contributed by atoms with Gasteiger partial charge in [-0.2, -0.15) is 0 Å². The fourth-order valence-corrected chi connectivity index (χ4v) is 2.57. The lowest BCUT2D eigenvalue weighted by molar-refractivity contribution is 0.129. The minimum atomic E-state index is -3.48. The minimum absolute atomic E-state index is 0.00879. The summed E-state index contributed by atoms with van der Waals surface area (Å²) in [5, 5.41) is 9.56. The van der Waals surface area contributed by atoms with Crippen molar-refractivity contribution < 1.29 is 13.5 Å².